The van der Waals surface area contributed by atoms with Gasteiger partial charge in [-0.25, -0.2) is 0 Å². The van der Waals surface area contributed by atoms with Crippen molar-refractivity contribution in [2.45, 2.75) is 13.3 Å². The van der Waals surface area contributed by atoms with Gasteiger partial charge in [0.1, 0.15) is 12.0 Å². The number of rotatable bonds is 3. The molecule has 17 heavy (non-hydrogen) atoms. The second-order valence-electron chi connectivity index (χ2n) is 4.56. The summed E-state index contributed by atoms with van der Waals surface area (Å²) in [5.74, 6) is -2.08. The normalized spacial score (nSPS) is 35.4. The third kappa shape index (κ3) is 1.57. The molecule has 1 saturated carbocycles. The van der Waals surface area contributed by atoms with Crippen LogP contribution in [-0.2, 0) is 23.9 Å². The summed E-state index contributed by atoms with van der Waals surface area (Å²) >= 11 is 0. The van der Waals surface area contributed by atoms with Gasteiger partial charge in [-0.1, -0.05) is 12.7 Å². The minimum absolute atomic E-state index is 0.0634. The maximum absolute atomic E-state index is 11.9. The highest BCUT2D eigenvalue weighted by molar-refractivity contribution is 6.08. The van der Waals surface area contributed by atoms with E-state index >= 15 is 0 Å². The van der Waals surface area contributed by atoms with Crippen LogP contribution < -0.4 is 0 Å². The van der Waals surface area contributed by atoms with Gasteiger partial charge in [0.25, 0.3) is 0 Å². The van der Waals surface area contributed by atoms with Gasteiger partial charge in [-0.15, -0.1) is 0 Å². The first kappa shape index (κ1) is 11.8. The molecule has 0 amide bonds. The summed E-state index contributed by atoms with van der Waals surface area (Å²) in [6.07, 6.45) is 1.51. The van der Waals surface area contributed by atoms with Crippen molar-refractivity contribution in [3.05, 3.63) is 12.7 Å². The van der Waals surface area contributed by atoms with Crippen molar-refractivity contribution < 1.29 is 23.9 Å². The Morgan fingerprint density at radius 1 is 1.65 bits per heavy atom. The zero-order valence-electron chi connectivity index (χ0n) is 9.60. The van der Waals surface area contributed by atoms with Gasteiger partial charge in [0, 0.05) is 12.3 Å². The standard InChI is InChI=1S/C12H14O5/c1-3-4-16-11(15)12(2)8-6-17-10(14)7(8)5-9(12)13/h3,7-8H,1,4-6H2,2H3/t7-,8-,12-/m1/s1. The number of Topliss-reactive ketones (excluding diaryl/α,β-unsaturated/α-hetero) is 1. The molecule has 0 aromatic carbocycles. The van der Waals surface area contributed by atoms with Crippen molar-refractivity contribution in [1.82, 2.24) is 0 Å². The largest absolute Gasteiger partial charge is 0.465 e. The molecule has 1 heterocycles. The van der Waals surface area contributed by atoms with Crippen LogP contribution in [0.5, 0.6) is 0 Å². The molecule has 0 aromatic heterocycles. The number of esters is 2. The summed E-state index contributed by atoms with van der Waals surface area (Å²) in [5.41, 5.74) is -1.25. The Kier molecular flexibility index (Phi) is 2.77. The molecule has 2 fully saturated rings. The minimum atomic E-state index is -1.25. The lowest BCUT2D eigenvalue weighted by molar-refractivity contribution is -0.160. The number of cyclic esters (lactones) is 1. The highest BCUT2D eigenvalue weighted by Crippen LogP contribution is 2.48. The Morgan fingerprint density at radius 2 is 2.35 bits per heavy atom. The zero-order valence-corrected chi connectivity index (χ0v) is 9.60. The molecule has 5 heteroatoms. The second kappa shape index (κ2) is 3.98. The number of fused-ring (bicyclic) bond motifs is 1. The van der Waals surface area contributed by atoms with E-state index in [0.717, 1.165) is 0 Å². The van der Waals surface area contributed by atoms with Crippen LogP contribution in [-0.4, -0.2) is 30.9 Å². The molecular formula is C12H14O5. The minimum Gasteiger partial charge on any atom is -0.465 e. The molecule has 1 aliphatic carbocycles. The Balaban J connectivity index is 2.23. The molecule has 92 valence electrons. The van der Waals surface area contributed by atoms with Crippen molar-refractivity contribution in [3.8, 4) is 0 Å². The first-order valence-electron chi connectivity index (χ1n) is 5.50. The molecule has 2 rings (SSSR count). The zero-order chi connectivity index (χ0) is 12.6. The summed E-state index contributed by atoms with van der Waals surface area (Å²) in [7, 11) is 0. The van der Waals surface area contributed by atoms with E-state index in [2.05, 4.69) is 6.58 Å². The Labute approximate surface area is 98.8 Å². The van der Waals surface area contributed by atoms with E-state index in [1.165, 1.54) is 13.0 Å². The maximum Gasteiger partial charge on any atom is 0.320 e. The Bertz CT molecular complexity index is 400. The predicted octanol–water partition coefficient (Wildman–Crippen LogP) is 0.484. The summed E-state index contributed by atoms with van der Waals surface area (Å²) in [6.45, 7) is 5.16. The van der Waals surface area contributed by atoms with E-state index in [0.29, 0.717) is 0 Å². The molecule has 0 spiro atoms. The van der Waals surface area contributed by atoms with E-state index in [9.17, 15) is 14.4 Å². The summed E-state index contributed by atoms with van der Waals surface area (Å²) in [5, 5.41) is 0. The molecule has 0 bridgehead atoms. The summed E-state index contributed by atoms with van der Waals surface area (Å²) < 4.78 is 9.85. The van der Waals surface area contributed by atoms with E-state index in [1.807, 2.05) is 0 Å². The Hall–Kier alpha value is -1.65. The van der Waals surface area contributed by atoms with Crippen LogP contribution in [0.25, 0.3) is 0 Å². The molecule has 0 radical (unpaired) electrons. The SMILES string of the molecule is C=CCOC(=O)[C@@]1(C)C(=O)C[C@H]2C(=O)OC[C@H]21. The predicted molar refractivity (Wildman–Crippen MR) is 56.8 cm³/mol. The van der Waals surface area contributed by atoms with E-state index < -0.39 is 17.3 Å². The number of hydrogen-bond donors (Lipinski definition) is 0. The maximum atomic E-state index is 11.9. The van der Waals surface area contributed by atoms with Gasteiger partial charge in [0.15, 0.2) is 5.78 Å². The first-order chi connectivity index (χ1) is 8.01. The first-order valence-corrected chi connectivity index (χ1v) is 5.50. The van der Waals surface area contributed by atoms with Gasteiger partial charge in [0.05, 0.1) is 12.5 Å². The van der Waals surface area contributed by atoms with Crippen molar-refractivity contribution in [2.75, 3.05) is 13.2 Å². The van der Waals surface area contributed by atoms with Gasteiger partial charge < -0.3 is 9.47 Å². The van der Waals surface area contributed by atoms with Crippen molar-refractivity contribution >= 4 is 17.7 Å². The molecule has 0 aromatic rings. The molecule has 2 aliphatic rings. The molecule has 1 saturated heterocycles. The van der Waals surface area contributed by atoms with Crippen LogP contribution in [0.3, 0.4) is 0 Å². The third-order valence-corrected chi connectivity index (χ3v) is 3.68. The lowest BCUT2D eigenvalue weighted by Crippen LogP contribution is -2.40. The van der Waals surface area contributed by atoms with Gasteiger partial charge in [-0.05, 0) is 6.92 Å². The molecular weight excluding hydrogens is 224 g/mol. The fraction of sp³-hybridized carbons (Fsp3) is 0.583. The molecule has 5 nitrogen and oxygen atoms in total. The molecule has 3 atom stereocenters. The van der Waals surface area contributed by atoms with Gasteiger partial charge in [-0.2, -0.15) is 0 Å². The Morgan fingerprint density at radius 3 is 3.00 bits per heavy atom. The smallest absolute Gasteiger partial charge is 0.320 e. The fourth-order valence-electron chi connectivity index (χ4n) is 2.52. The van der Waals surface area contributed by atoms with Crippen LogP contribution in [0.4, 0.5) is 0 Å². The van der Waals surface area contributed by atoms with Crippen molar-refractivity contribution in [3.63, 3.8) is 0 Å². The van der Waals surface area contributed by atoms with E-state index in [4.69, 9.17) is 9.47 Å². The number of ether oxygens (including phenoxy) is 2. The molecule has 1 aliphatic heterocycles. The van der Waals surface area contributed by atoms with Gasteiger partial charge >= 0.3 is 11.9 Å². The van der Waals surface area contributed by atoms with Crippen LogP contribution in [0.15, 0.2) is 12.7 Å². The highest BCUT2D eigenvalue weighted by Gasteiger charge is 2.62. The van der Waals surface area contributed by atoms with E-state index in [1.54, 1.807) is 0 Å². The topological polar surface area (TPSA) is 69.7 Å². The summed E-state index contributed by atoms with van der Waals surface area (Å²) in [6, 6.07) is 0. The van der Waals surface area contributed by atoms with Crippen LogP contribution >= 0.6 is 0 Å². The number of ketones is 1. The average Bonchev–Trinajstić information content (AvgIpc) is 2.78. The fourth-order valence-corrected chi connectivity index (χ4v) is 2.52. The van der Waals surface area contributed by atoms with E-state index in [-0.39, 0.29) is 37.3 Å². The number of hydrogen-bond acceptors (Lipinski definition) is 5. The van der Waals surface area contributed by atoms with Gasteiger partial charge in [-0.3, -0.25) is 14.4 Å². The highest BCUT2D eigenvalue weighted by atomic mass is 16.5. The van der Waals surface area contributed by atoms with Gasteiger partial charge in [0.2, 0.25) is 0 Å². The monoisotopic (exact) mass is 238 g/mol. The van der Waals surface area contributed by atoms with Crippen molar-refractivity contribution in [1.29, 1.82) is 0 Å². The van der Waals surface area contributed by atoms with Crippen LogP contribution in [0, 0.1) is 17.3 Å². The lowest BCUT2D eigenvalue weighted by atomic mass is 9.78. The third-order valence-electron chi connectivity index (χ3n) is 3.68. The number of carbonyl (C=O) groups is 3. The van der Waals surface area contributed by atoms with Crippen LogP contribution in [0.1, 0.15) is 13.3 Å². The second-order valence-corrected chi connectivity index (χ2v) is 4.56. The molecule has 0 N–H and O–H groups in total. The number of carbonyl (C=O) groups excluding carboxylic acids is 3. The molecule has 0 unspecified atom stereocenters. The summed E-state index contributed by atoms with van der Waals surface area (Å²) in [4.78, 5) is 35.2. The average molecular weight is 238 g/mol. The van der Waals surface area contributed by atoms with Crippen molar-refractivity contribution in [2.24, 2.45) is 17.3 Å². The quantitative estimate of drug-likeness (QED) is 0.406. The van der Waals surface area contributed by atoms with Crippen LogP contribution in [0.2, 0.25) is 0 Å². The lowest BCUT2D eigenvalue weighted by Gasteiger charge is -2.25.